The Labute approximate surface area is 116 Å². The van der Waals surface area contributed by atoms with Gasteiger partial charge in [0.25, 0.3) is 0 Å². The third kappa shape index (κ3) is 2.87. The first-order valence-electron chi connectivity index (χ1n) is 6.66. The normalized spacial score (nSPS) is 16.0. The molecule has 2 aromatic rings. The van der Waals surface area contributed by atoms with Gasteiger partial charge in [0.2, 0.25) is 5.91 Å². The fourth-order valence-corrected chi connectivity index (χ4v) is 3.57. The molecule has 1 heterocycles. The molecule has 0 aliphatic heterocycles. The first-order valence-corrected chi connectivity index (χ1v) is 7.48. The Morgan fingerprint density at radius 2 is 2.21 bits per heavy atom. The second kappa shape index (κ2) is 5.17. The van der Waals surface area contributed by atoms with Crippen LogP contribution >= 0.6 is 11.3 Å². The van der Waals surface area contributed by atoms with Crippen LogP contribution in [0.1, 0.15) is 32.1 Å². The largest absolute Gasteiger partial charge is 0.399 e. The monoisotopic (exact) mass is 275 g/mol. The van der Waals surface area contributed by atoms with Gasteiger partial charge in [0.15, 0.2) is 5.13 Å². The number of rotatable bonds is 3. The lowest BCUT2D eigenvalue weighted by molar-refractivity contribution is -0.117. The molecule has 0 atom stereocenters. The van der Waals surface area contributed by atoms with Gasteiger partial charge in [0.1, 0.15) is 0 Å². The predicted octanol–water partition coefficient (Wildman–Crippen LogP) is 3.40. The third-order valence-electron chi connectivity index (χ3n) is 3.61. The highest BCUT2D eigenvalue weighted by molar-refractivity contribution is 7.22. The topological polar surface area (TPSA) is 68.0 Å². The Balaban J connectivity index is 1.68. The summed E-state index contributed by atoms with van der Waals surface area (Å²) in [6.45, 7) is 0. The van der Waals surface area contributed by atoms with Crippen molar-refractivity contribution in [2.45, 2.75) is 32.1 Å². The van der Waals surface area contributed by atoms with Crippen molar-refractivity contribution in [1.82, 2.24) is 4.98 Å². The van der Waals surface area contributed by atoms with Gasteiger partial charge in [-0.25, -0.2) is 4.98 Å². The summed E-state index contributed by atoms with van der Waals surface area (Å²) in [7, 11) is 0. The molecule has 0 saturated heterocycles. The average Bonchev–Trinajstić information content (AvgIpc) is 2.97. The lowest BCUT2D eigenvalue weighted by Gasteiger charge is -2.07. The van der Waals surface area contributed by atoms with Crippen LogP contribution < -0.4 is 11.1 Å². The number of fused-ring (bicyclic) bond motifs is 1. The number of hydrogen-bond acceptors (Lipinski definition) is 4. The van der Waals surface area contributed by atoms with Crippen LogP contribution in [0, 0.1) is 5.92 Å². The van der Waals surface area contributed by atoms with Gasteiger partial charge < -0.3 is 11.1 Å². The maximum atomic E-state index is 11.9. The smallest absolute Gasteiger partial charge is 0.226 e. The van der Waals surface area contributed by atoms with E-state index in [9.17, 15) is 4.79 Å². The van der Waals surface area contributed by atoms with E-state index in [1.165, 1.54) is 37.0 Å². The quantitative estimate of drug-likeness (QED) is 0.844. The molecule has 1 aliphatic rings. The Kier molecular flexibility index (Phi) is 3.38. The van der Waals surface area contributed by atoms with E-state index in [2.05, 4.69) is 10.3 Å². The number of anilines is 2. The van der Waals surface area contributed by atoms with Crippen molar-refractivity contribution in [3.8, 4) is 0 Å². The van der Waals surface area contributed by atoms with Gasteiger partial charge in [-0.3, -0.25) is 4.79 Å². The number of nitrogens with one attached hydrogen (secondary N) is 1. The number of amides is 1. The van der Waals surface area contributed by atoms with Crippen molar-refractivity contribution < 1.29 is 4.79 Å². The van der Waals surface area contributed by atoms with Gasteiger partial charge in [-0.2, -0.15) is 0 Å². The number of nitrogen functional groups attached to an aromatic ring is 1. The van der Waals surface area contributed by atoms with E-state index in [1.807, 2.05) is 18.2 Å². The summed E-state index contributed by atoms with van der Waals surface area (Å²) in [6.07, 6.45) is 5.52. The minimum atomic E-state index is 0.0823. The summed E-state index contributed by atoms with van der Waals surface area (Å²) in [5, 5.41) is 3.58. The Morgan fingerprint density at radius 1 is 1.42 bits per heavy atom. The molecule has 19 heavy (non-hydrogen) atoms. The van der Waals surface area contributed by atoms with Crippen LogP contribution in [-0.2, 0) is 4.79 Å². The van der Waals surface area contributed by atoms with Crippen molar-refractivity contribution >= 4 is 38.3 Å². The first-order chi connectivity index (χ1) is 9.20. The number of aromatic nitrogens is 1. The summed E-state index contributed by atoms with van der Waals surface area (Å²) in [5.74, 6) is 0.643. The standard InChI is InChI=1S/C14H17N3OS/c15-10-5-6-11-12(8-10)19-14(16-11)17-13(18)7-9-3-1-2-4-9/h5-6,8-9H,1-4,7,15H2,(H,16,17,18). The van der Waals surface area contributed by atoms with Crippen LogP contribution in [0.5, 0.6) is 0 Å². The first kappa shape index (κ1) is 12.4. The fourth-order valence-electron chi connectivity index (χ4n) is 2.64. The predicted molar refractivity (Wildman–Crippen MR) is 79.2 cm³/mol. The molecule has 1 aromatic carbocycles. The lowest BCUT2D eigenvalue weighted by Crippen LogP contribution is -2.14. The van der Waals surface area contributed by atoms with E-state index in [0.29, 0.717) is 17.5 Å². The zero-order valence-electron chi connectivity index (χ0n) is 10.7. The Hall–Kier alpha value is -1.62. The van der Waals surface area contributed by atoms with Crippen LogP contribution in [0.15, 0.2) is 18.2 Å². The minimum Gasteiger partial charge on any atom is -0.399 e. The van der Waals surface area contributed by atoms with Crippen LogP contribution in [0.25, 0.3) is 10.2 Å². The number of carbonyl (C=O) groups excluding carboxylic acids is 1. The lowest BCUT2D eigenvalue weighted by atomic mass is 10.0. The molecule has 0 radical (unpaired) electrons. The Morgan fingerprint density at radius 3 is 3.00 bits per heavy atom. The summed E-state index contributed by atoms with van der Waals surface area (Å²) >= 11 is 1.47. The van der Waals surface area contributed by atoms with Crippen LogP contribution in [0.3, 0.4) is 0 Å². The zero-order valence-corrected chi connectivity index (χ0v) is 11.5. The summed E-state index contributed by atoms with van der Waals surface area (Å²) < 4.78 is 1.01. The summed E-state index contributed by atoms with van der Waals surface area (Å²) in [4.78, 5) is 16.3. The van der Waals surface area contributed by atoms with Gasteiger partial charge in [0.05, 0.1) is 10.2 Å². The molecule has 1 amide bonds. The van der Waals surface area contributed by atoms with Crippen molar-refractivity contribution in [3.05, 3.63) is 18.2 Å². The molecule has 0 bridgehead atoms. The Bertz CT molecular complexity index is 602. The molecule has 0 unspecified atom stereocenters. The number of carbonyl (C=O) groups is 1. The number of thiazole rings is 1. The summed E-state index contributed by atoms with van der Waals surface area (Å²) in [5.41, 5.74) is 7.34. The maximum absolute atomic E-state index is 11.9. The fraction of sp³-hybridized carbons (Fsp3) is 0.429. The molecule has 1 aliphatic carbocycles. The summed E-state index contributed by atoms with van der Waals surface area (Å²) in [6, 6.07) is 5.60. The molecular formula is C14H17N3OS. The molecule has 1 fully saturated rings. The highest BCUT2D eigenvalue weighted by Gasteiger charge is 2.19. The van der Waals surface area contributed by atoms with Crippen molar-refractivity contribution in [2.24, 2.45) is 5.92 Å². The van der Waals surface area contributed by atoms with Crippen molar-refractivity contribution in [3.63, 3.8) is 0 Å². The molecule has 5 heteroatoms. The number of nitrogens with two attached hydrogens (primary N) is 1. The van der Waals surface area contributed by atoms with Gasteiger partial charge in [-0.15, -0.1) is 0 Å². The van der Waals surface area contributed by atoms with Crippen molar-refractivity contribution in [1.29, 1.82) is 0 Å². The van der Waals surface area contributed by atoms with E-state index in [4.69, 9.17) is 5.73 Å². The number of benzene rings is 1. The molecular weight excluding hydrogens is 258 g/mol. The van der Waals surface area contributed by atoms with Crippen LogP contribution in [0.2, 0.25) is 0 Å². The van der Waals surface area contributed by atoms with E-state index < -0.39 is 0 Å². The molecule has 3 N–H and O–H groups in total. The number of hydrogen-bond donors (Lipinski definition) is 2. The van der Waals surface area contributed by atoms with Crippen LogP contribution in [-0.4, -0.2) is 10.9 Å². The van der Waals surface area contributed by atoms with E-state index in [0.717, 1.165) is 15.9 Å². The SMILES string of the molecule is Nc1ccc2nc(NC(=O)CC3CCCC3)sc2c1. The maximum Gasteiger partial charge on any atom is 0.226 e. The molecule has 4 nitrogen and oxygen atoms in total. The molecule has 100 valence electrons. The second-order valence-corrected chi connectivity index (χ2v) is 6.18. The molecule has 0 spiro atoms. The van der Waals surface area contributed by atoms with E-state index in [-0.39, 0.29) is 5.91 Å². The molecule has 1 aromatic heterocycles. The van der Waals surface area contributed by atoms with E-state index >= 15 is 0 Å². The average molecular weight is 275 g/mol. The van der Waals surface area contributed by atoms with E-state index in [1.54, 1.807) is 0 Å². The molecule has 1 saturated carbocycles. The zero-order chi connectivity index (χ0) is 13.2. The van der Waals surface area contributed by atoms with Crippen molar-refractivity contribution in [2.75, 3.05) is 11.1 Å². The molecule has 3 rings (SSSR count). The highest BCUT2D eigenvalue weighted by Crippen LogP contribution is 2.30. The van der Waals surface area contributed by atoms with Gasteiger partial charge >= 0.3 is 0 Å². The second-order valence-electron chi connectivity index (χ2n) is 5.15. The van der Waals surface area contributed by atoms with Gasteiger partial charge in [0, 0.05) is 12.1 Å². The minimum absolute atomic E-state index is 0.0823. The van der Waals surface area contributed by atoms with Gasteiger partial charge in [-0.1, -0.05) is 24.2 Å². The van der Waals surface area contributed by atoms with Gasteiger partial charge in [-0.05, 0) is 37.0 Å². The highest BCUT2D eigenvalue weighted by atomic mass is 32.1. The van der Waals surface area contributed by atoms with Crippen LogP contribution in [0.4, 0.5) is 10.8 Å². The third-order valence-corrected chi connectivity index (χ3v) is 4.54. The number of nitrogens with zero attached hydrogens (tertiary/aromatic N) is 1.